The zero-order valence-electron chi connectivity index (χ0n) is 18.5. The highest BCUT2D eigenvalue weighted by Gasteiger charge is 2.29. The molecule has 2 aromatic rings. The first-order valence-corrected chi connectivity index (χ1v) is 10.6. The van der Waals surface area contributed by atoms with Crippen molar-refractivity contribution in [1.29, 1.82) is 0 Å². The van der Waals surface area contributed by atoms with Gasteiger partial charge in [0.25, 0.3) is 5.91 Å². The van der Waals surface area contributed by atoms with E-state index in [0.717, 1.165) is 24.2 Å². The van der Waals surface area contributed by atoms with Crippen molar-refractivity contribution in [2.24, 2.45) is 0 Å². The maximum Gasteiger partial charge on any atom is 0.251 e. The van der Waals surface area contributed by atoms with Gasteiger partial charge in [-0.25, -0.2) is 0 Å². The number of benzene rings is 2. The Morgan fingerprint density at radius 1 is 1.00 bits per heavy atom. The van der Waals surface area contributed by atoms with Gasteiger partial charge in [0, 0.05) is 30.9 Å². The molecule has 0 spiro atoms. The molecule has 0 unspecified atom stereocenters. The van der Waals surface area contributed by atoms with Gasteiger partial charge in [-0.15, -0.1) is 0 Å². The first kappa shape index (κ1) is 21.3. The Labute approximate surface area is 175 Å². The van der Waals surface area contributed by atoms with Gasteiger partial charge in [0.15, 0.2) is 0 Å². The predicted octanol–water partition coefficient (Wildman–Crippen LogP) is 0.254. The molecule has 29 heavy (non-hydrogen) atoms. The number of carbonyl (C=O) groups excluding carboxylic acids is 1. The highest BCUT2D eigenvalue weighted by molar-refractivity contribution is 5.94. The quantitative estimate of drug-likeness (QED) is 0.655. The lowest BCUT2D eigenvalue weighted by atomic mass is 10.0. The van der Waals surface area contributed by atoms with Crippen molar-refractivity contribution >= 4 is 11.6 Å². The zero-order valence-corrected chi connectivity index (χ0v) is 18.5. The summed E-state index contributed by atoms with van der Waals surface area (Å²) in [7, 11) is 6.38. The molecule has 2 aromatic carbocycles. The second kappa shape index (κ2) is 9.42. The summed E-state index contributed by atoms with van der Waals surface area (Å²) in [4.78, 5) is 18.1. The number of nitrogens with one attached hydrogen (secondary N) is 3. The van der Waals surface area contributed by atoms with Crippen LogP contribution in [0.3, 0.4) is 0 Å². The molecular formula is C24H36N4O+2. The topological polar surface area (TPSA) is 41.2 Å². The third-order valence-electron chi connectivity index (χ3n) is 6.29. The number of carbonyl (C=O) groups is 1. The van der Waals surface area contributed by atoms with E-state index in [1.165, 1.54) is 29.9 Å². The van der Waals surface area contributed by atoms with E-state index >= 15 is 0 Å². The number of nitrogens with zero attached hydrogens (tertiary/aromatic N) is 1. The van der Waals surface area contributed by atoms with Gasteiger partial charge < -0.3 is 20.0 Å². The van der Waals surface area contributed by atoms with E-state index < -0.39 is 0 Å². The van der Waals surface area contributed by atoms with Crippen molar-refractivity contribution in [3.05, 3.63) is 64.7 Å². The number of aryl methyl sites for hydroxylation is 2. The van der Waals surface area contributed by atoms with E-state index in [1.54, 1.807) is 9.80 Å². The van der Waals surface area contributed by atoms with E-state index in [1.807, 2.05) is 18.2 Å². The molecule has 1 fully saturated rings. The van der Waals surface area contributed by atoms with Gasteiger partial charge in [-0.2, -0.15) is 0 Å². The van der Waals surface area contributed by atoms with Crippen molar-refractivity contribution in [3.63, 3.8) is 0 Å². The first-order chi connectivity index (χ1) is 13.8. The minimum atomic E-state index is 0.0159. The Kier molecular flexibility index (Phi) is 6.93. The van der Waals surface area contributed by atoms with Crippen LogP contribution in [-0.4, -0.2) is 59.8 Å². The van der Waals surface area contributed by atoms with Crippen molar-refractivity contribution in [2.45, 2.75) is 19.9 Å². The molecule has 0 saturated carbocycles. The molecule has 1 heterocycles. The average Bonchev–Trinajstić information content (AvgIpc) is 2.71. The van der Waals surface area contributed by atoms with Crippen LogP contribution in [0.4, 0.5) is 5.69 Å². The van der Waals surface area contributed by atoms with Gasteiger partial charge in [0.05, 0.1) is 13.6 Å². The number of hydrogen-bond donors (Lipinski definition) is 3. The summed E-state index contributed by atoms with van der Waals surface area (Å²) >= 11 is 0. The highest BCUT2D eigenvalue weighted by Crippen LogP contribution is 2.17. The van der Waals surface area contributed by atoms with Gasteiger partial charge in [0.1, 0.15) is 32.2 Å². The molecule has 1 aliphatic heterocycles. The molecule has 0 aromatic heterocycles. The maximum absolute atomic E-state index is 12.8. The molecule has 0 aliphatic carbocycles. The van der Waals surface area contributed by atoms with Crippen molar-refractivity contribution in [2.75, 3.05) is 58.8 Å². The molecule has 0 bridgehead atoms. The van der Waals surface area contributed by atoms with E-state index in [4.69, 9.17) is 0 Å². The van der Waals surface area contributed by atoms with Crippen LogP contribution in [0.15, 0.2) is 42.5 Å². The number of piperazine rings is 1. The Bertz CT molecular complexity index is 823. The Hall–Kier alpha value is -2.37. The molecule has 1 amide bonds. The zero-order chi connectivity index (χ0) is 21.0. The summed E-state index contributed by atoms with van der Waals surface area (Å²) in [5.41, 5.74) is 5.61. The molecule has 1 aliphatic rings. The molecule has 156 valence electrons. The third kappa shape index (κ3) is 5.37. The lowest BCUT2D eigenvalue weighted by Crippen LogP contribution is -3.27. The van der Waals surface area contributed by atoms with Crippen molar-refractivity contribution in [3.8, 4) is 0 Å². The lowest BCUT2D eigenvalue weighted by molar-refractivity contribution is -1.02. The van der Waals surface area contributed by atoms with Gasteiger partial charge in [-0.3, -0.25) is 4.79 Å². The van der Waals surface area contributed by atoms with Gasteiger partial charge in [0.2, 0.25) is 0 Å². The van der Waals surface area contributed by atoms with E-state index in [2.05, 4.69) is 69.5 Å². The number of likely N-dealkylation sites (N-methyl/N-ethyl adjacent to an activating group) is 1. The van der Waals surface area contributed by atoms with Crippen LogP contribution in [0.25, 0.3) is 0 Å². The molecule has 3 N–H and O–H groups in total. The van der Waals surface area contributed by atoms with E-state index in [0.29, 0.717) is 6.54 Å². The minimum absolute atomic E-state index is 0.0159. The minimum Gasteiger partial charge on any atom is -0.378 e. The summed E-state index contributed by atoms with van der Waals surface area (Å²) < 4.78 is 0. The molecule has 5 heteroatoms. The summed E-state index contributed by atoms with van der Waals surface area (Å²) in [6.07, 6.45) is 0. The number of amides is 1. The average molecular weight is 397 g/mol. The third-order valence-corrected chi connectivity index (χ3v) is 6.29. The highest BCUT2D eigenvalue weighted by atomic mass is 16.1. The summed E-state index contributed by atoms with van der Waals surface area (Å²) in [5, 5.41) is 3.21. The Morgan fingerprint density at radius 3 is 2.24 bits per heavy atom. The number of quaternary nitrogens is 2. The molecule has 1 atom stereocenters. The van der Waals surface area contributed by atoms with Gasteiger partial charge >= 0.3 is 0 Å². The number of hydrogen-bond acceptors (Lipinski definition) is 2. The van der Waals surface area contributed by atoms with Crippen LogP contribution < -0.4 is 20.0 Å². The fourth-order valence-electron chi connectivity index (χ4n) is 4.03. The van der Waals surface area contributed by atoms with Crippen LogP contribution >= 0.6 is 0 Å². The fourth-order valence-corrected chi connectivity index (χ4v) is 4.03. The molecule has 5 nitrogen and oxygen atoms in total. The van der Waals surface area contributed by atoms with Gasteiger partial charge in [-0.1, -0.05) is 18.2 Å². The first-order valence-electron chi connectivity index (χ1n) is 10.6. The van der Waals surface area contributed by atoms with Crippen LogP contribution in [0.5, 0.6) is 0 Å². The number of rotatable bonds is 6. The molecule has 3 rings (SSSR count). The van der Waals surface area contributed by atoms with Crippen LogP contribution in [0.2, 0.25) is 0 Å². The van der Waals surface area contributed by atoms with Gasteiger partial charge in [-0.05, 0) is 49.2 Å². The molecule has 0 radical (unpaired) electrons. The second-order valence-electron chi connectivity index (χ2n) is 8.66. The summed E-state index contributed by atoms with van der Waals surface area (Å²) in [6.45, 7) is 9.39. The second-order valence-corrected chi connectivity index (χ2v) is 8.66. The fraction of sp³-hybridized carbons (Fsp3) is 0.458. The lowest BCUT2D eigenvalue weighted by Gasteiger charge is -2.33. The van der Waals surface area contributed by atoms with Crippen molar-refractivity contribution in [1.82, 2.24) is 5.32 Å². The Balaban J connectivity index is 1.75. The van der Waals surface area contributed by atoms with Crippen LogP contribution in [-0.2, 0) is 0 Å². The van der Waals surface area contributed by atoms with Crippen LogP contribution in [0.1, 0.15) is 33.1 Å². The van der Waals surface area contributed by atoms with Crippen molar-refractivity contribution < 1.29 is 14.6 Å². The van der Waals surface area contributed by atoms with Crippen LogP contribution in [0, 0.1) is 13.8 Å². The SMILES string of the molecule is Cc1ccc(C(=O)NC[C@@H](c2ccc(N(C)C)cc2)[NH+]2CC[NH+](C)CC2)cc1C. The molecular weight excluding hydrogens is 360 g/mol. The number of anilines is 1. The van der Waals surface area contributed by atoms with E-state index in [-0.39, 0.29) is 11.9 Å². The normalized spacial score (nSPS) is 20.2. The monoisotopic (exact) mass is 396 g/mol. The summed E-state index contributed by atoms with van der Waals surface area (Å²) in [5.74, 6) is 0.0159. The Morgan fingerprint density at radius 2 is 1.66 bits per heavy atom. The maximum atomic E-state index is 12.8. The molecule has 1 saturated heterocycles. The smallest absolute Gasteiger partial charge is 0.251 e. The predicted molar refractivity (Wildman–Crippen MR) is 119 cm³/mol. The standard InChI is InChI=1S/C24H34N4O/c1-18-6-7-21(16-19(18)2)24(29)25-17-23(28-14-12-27(5)13-15-28)20-8-10-22(11-9-20)26(3)4/h6-11,16,23H,12-15,17H2,1-5H3,(H,25,29)/p+2/t23-/m0/s1. The van der Waals surface area contributed by atoms with E-state index in [9.17, 15) is 4.79 Å². The largest absolute Gasteiger partial charge is 0.378 e. The summed E-state index contributed by atoms with van der Waals surface area (Å²) in [6, 6.07) is 15.0.